The van der Waals surface area contributed by atoms with Crippen LogP contribution in [0.2, 0.25) is 0 Å². The highest BCUT2D eigenvalue weighted by Crippen LogP contribution is 2.34. The molecule has 1 aliphatic rings. The zero-order valence-electron chi connectivity index (χ0n) is 13.9. The Hall–Kier alpha value is -3.13. The van der Waals surface area contributed by atoms with Crippen LogP contribution in [0.4, 0.5) is 0 Å². The molecule has 0 spiro atoms. The van der Waals surface area contributed by atoms with Crippen LogP contribution in [0.15, 0.2) is 78.0 Å². The van der Waals surface area contributed by atoms with E-state index in [2.05, 4.69) is 71.9 Å². The number of rotatable bonds is 2. The fraction of sp³-hybridized carbons (Fsp3) is 0.0870. The summed E-state index contributed by atoms with van der Waals surface area (Å²) in [6, 6.07) is 25.4. The molecular weight excluding hydrogens is 306 g/mol. The van der Waals surface area contributed by atoms with Gasteiger partial charge in [-0.05, 0) is 57.9 Å². The molecule has 122 valence electrons. The molecule has 4 rings (SSSR count). The maximum Gasteiger partial charge on any atom is 0.0733 e. The molecule has 25 heavy (non-hydrogen) atoms. The molecule has 0 atom stereocenters. The van der Waals surface area contributed by atoms with Gasteiger partial charge in [0.1, 0.15) is 0 Å². The third kappa shape index (κ3) is 3.11. The lowest BCUT2D eigenvalue weighted by Gasteiger charge is -2.12. The van der Waals surface area contributed by atoms with Crippen LogP contribution in [-0.2, 0) is 12.8 Å². The highest BCUT2D eigenvalue weighted by Gasteiger charge is 2.17. The normalized spacial score (nSPS) is 13.2. The topological polar surface area (TPSA) is 32.6 Å². The van der Waals surface area contributed by atoms with E-state index in [4.69, 9.17) is 5.21 Å². The minimum atomic E-state index is 0.881. The van der Waals surface area contributed by atoms with Gasteiger partial charge in [0.25, 0.3) is 0 Å². The predicted octanol–water partition coefficient (Wildman–Crippen LogP) is 5.18. The molecule has 0 radical (unpaired) electrons. The lowest BCUT2D eigenvalue weighted by Crippen LogP contribution is -1.92. The summed E-state index contributed by atoms with van der Waals surface area (Å²) in [4.78, 5) is 0. The first-order chi connectivity index (χ1) is 12.3. The number of nitrogens with zero attached hydrogens (tertiary/aromatic N) is 1. The highest BCUT2D eigenvalue weighted by atomic mass is 16.4. The fourth-order valence-electron chi connectivity index (χ4n) is 3.48. The maximum absolute atomic E-state index is 8.66. The summed E-state index contributed by atoms with van der Waals surface area (Å²) in [6.07, 6.45) is 5.82. The van der Waals surface area contributed by atoms with Gasteiger partial charge >= 0.3 is 0 Å². The summed E-state index contributed by atoms with van der Waals surface area (Å²) in [6.45, 7) is 0. The second kappa shape index (κ2) is 6.78. The minimum absolute atomic E-state index is 0.881. The fourth-order valence-corrected chi connectivity index (χ4v) is 3.48. The molecule has 0 aliphatic heterocycles. The number of benzene rings is 3. The predicted molar refractivity (Wildman–Crippen MR) is 103 cm³/mol. The summed E-state index contributed by atoms with van der Waals surface area (Å²) in [5.74, 6) is 0. The largest absolute Gasteiger partial charge is 0.411 e. The second-order valence-corrected chi connectivity index (χ2v) is 6.28. The minimum Gasteiger partial charge on any atom is -0.411 e. The van der Waals surface area contributed by atoms with Crippen molar-refractivity contribution in [1.29, 1.82) is 0 Å². The molecule has 0 amide bonds. The van der Waals surface area contributed by atoms with Crippen molar-refractivity contribution >= 4 is 17.9 Å². The first-order valence-electron chi connectivity index (χ1n) is 8.51. The Labute approximate surface area is 147 Å². The van der Waals surface area contributed by atoms with Crippen LogP contribution in [0.5, 0.6) is 0 Å². The number of oxime groups is 1. The van der Waals surface area contributed by atoms with Crippen LogP contribution in [0, 0.1) is 0 Å². The van der Waals surface area contributed by atoms with Gasteiger partial charge in [-0.25, -0.2) is 0 Å². The Morgan fingerprint density at radius 2 is 1.20 bits per heavy atom. The average molecular weight is 325 g/mol. The molecule has 0 fully saturated rings. The maximum atomic E-state index is 8.66. The summed E-state index contributed by atoms with van der Waals surface area (Å²) in [7, 11) is 0. The van der Waals surface area contributed by atoms with Crippen LogP contribution in [0.3, 0.4) is 0 Å². The molecule has 1 N–H and O–H groups in total. The quantitative estimate of drug-likeness (QED) is 0.393. The Morgan fingerprint density at radius 1 is 0.680 bits per heavy atom. The third-order valence-corrected chi connectivity index (χ3v) is 4.73. The van der Waals surface area contributed by atoms with Crippen LogP contribution in [-0.4, -0.2) is 11.4 Å². The van der Waals surface area contributed by atoms with E-state index in [1.54, 1.807) is 0 Å². The summed E-state index contributed by atoms with van der Waals surface area (Å²) < 4.78 is 0. The van der Waals surface area contributed by atoms with E-state index in [-0.39, 0.29) is 0 Å². The van der Waals surface area contributed by atoms with Gasteiger partial charge in [-0.1, -0.05) is 78.0 Å². The van der Waals surface area contributed by atoms with Gasteiger partial charge in [-0.15, -0.1) is 0 Å². The van der Waals surface area contributed by atoms with Crippen molar-refractivity contribution in [2.24, 2.45) is 5.16 Å². The monoisotopic (exact) mass is 325 g/mol. The van der Waals surface area contributed by atoms with Crippen molar-refractivity contribution in [3.05, 3.63) is 106 Å². The molecule has 3 aromatic rings. The molecule has 0 saturated heterocycles. The summed E-state index contributed by atoms with van der Waals surface area (Å²) in [5, 5.41) is 11.7. The lowest BCUT2D eigenvalue weighted by molar-refractivity contribution is 0.322. The Bertz CT molecular complexity index is 902. The van der Waals surface area contributed by atoms with Gasteiger partial charge in [0.2, 0.25) is 0 Å². The average Bonchev–Trinajstić information content (AvgIpc) is 2.81. The molecular formula is C23H19NO. The molecule has 0 heterocycles. The van der Waals surface area contributed by atoms with Crippen molar-refractivity contribution in [1.82, 2.24) is 0 Å². The first kappa shape index (κ1) is 15.4. The van der Waals surface area contributed by atoms with Gasteiger partial charge in [0.15, 0.2) is 0 Å². The van der Waals surface area contributed by atoms with Gasteiger partial charge in [-0.2, -0.15) is 0 Å². The summed E-state index contributed by atoms with van der Waals surface area (Å²) >= 11 is 0. The van der Waals surface area contributed by atoms with E-state index in [9.17, 15) is 0 Å². The SMILES string of the molecule is ON=Cc1ccc(C=C2c3ccccc3CCc3ccccc32)cc1. The smallest absolute Gasteiger partial charge is 0.0733 e. The molecule has 0 unspecified atom stereocenters. The van der Waals surface area contributed by atoms with E-state index in [1.165, 1.54) is 34.0 Å². The van der Waals surface area contributed by atoms with E-state index in [0.29, 0.717) is 0 Å². The van der Waals surface area contributed by atoms with Crippen LogP contribution < -0.4 is 0 Å². The highest BCUT2D eigenvalue weighted by molar-refractivity contribution is 5.94. The van der Waals surface area contributed by atoms with Crippen molar-refractivity contribution in [3.8, 4) is 0 Å². The molecule has 0 saturated carbocycles. The lowest BCUT2D eigenvalue weighted by atomic mass is 9.92. The van der Waals surface area contributed by atoms with Crippen LogP contribution in [0.25, 0.3) is 11.6 Å². The number of fused-ring (bicyclic) bond motifs is 2. The van der Waals surface area contributed by atoms with Gasteiger partial charge in [0, 0.05) is 0 Å². The van der Waals surface area contributed by atoms with Crippen molar-refractivity contribution in [2.45, 2.75) is 12.8 Å². The standard InChI is InChI=1S/C23H19NO/c25-24-16-18-11-9-17(10-12-18)15-23-21-7-3-1-5-19(21)13-14-20-6-2-4-8-22(20)23/h1-12,15-16,25H,13-14H2. The van der Waals surface area contributed by atoms with E-state index in [1.807, 2.05) is 12.1 Å². The van der Waals surface area contributed by atoms with E-state index >= 15 is 0 Å². The first-order valence-corrected chi connectivity index (χ1v) is 8.51. The molecule has 0 bridgehead atoms. The van der Waals surface area contributed by atoms with E-state index < -0.39 is 0 Å². The van der Waals surface area contributed by atoms with Crippen LogP contribution in [0.1, 0.15) is 33.4 Å². The number of hydrogen-bond acceptors (Lipinski definition) is 2. The van der Waals surface area contributed by atoms with Crippen molar-refractivity contribution in [2.75, 3.05) is 0 Å². The van der Waals surface area contributed by atoms with Gasteiger partial charge < -0.3 is 5.21 Å². The Balaban J connectivity index is 1.87. The van der Waals surface area contributed by atoms with Crippen LogP contribution >= 0.6 is 0 Å². The van der Waals surface area contributed by atoms with Gasteiger partial charge in [-0.3, -0.25) is 0 Å². The molecule has 0 aromatic heterocycles. The molecule has 2 heteroatoms. The third-order valence-electron chi connectivity index (χ3n) is 4.73. The number of aryl methyl sites for hydroxylation is 2. The molecule has 1 aliphatic carbocycles. The molecule has 2 nitrogen and oxygen atoms in total. The van der Waals surface area contributed by atoms with E-state index in [0.717, 1.165) is 24.0 Å². The molecule has 3 aromatic carbocycles. The van der Waals surface area contributed by atoms with Crippen molar-refractivity contribution in [3.63, 3.8) is 0 Å². The number of hydrogen-bond donors (Lipinski definition) is 1. The Kier molecular flexibility index (Phi) is 4.17. The zero-order chi connectivity index (χ0) is 17.1. The van der Waals surface area contributed by atoms with Crippen molar-refractivity contribution < 1.29 is 5.21 Å². The second-order valence-electron chi connectivity index (χ2n) is 6.28. The summed E-state index contributed by atoms with van der Waals surface area (Å²) in [5.41, 5.74) is 8.71. The van der Waals surface area contributed by atoms with Gasteiger partial charge in [0.05, 0.1) is 6.21 Å². The zero-order valence-corrected chi connectivity index (χ0v) is 13.9. The Morgan fingerprint density at radius 3 is 1.76 bits per heavy atom.